The van der Waals surface area contributed by atoms with E-state index < -0.39 is 16.2 Å². The predicted molar refractivity (Wildman–Crippen MR) is 199 cm³/mol. The van der Waals surface area contributed by atoms with Gasteiger partial charge in [0.15, 0.2) is 0 Å². The van der Waals surface area contributed by atoms with E-state index in [0.717, 1.165) is 65.0 Å². The molecule has 13 nitrogen and oxygen atoms in total. The van der Waals surface area contributed by atoms with E-state index in [2.05, 4.69) is 25.1 Å². The molecular formula is C37H47F2N9O4S. The van der Waals surface area contributed by atoms with Gasteiger partial charge in [0.05, 0.1) is 30.0 Å². The van der Waals surface area contributed by atoms with E-state index in [-0.39, 0.29) is 29.0 Å². The average Bonchev–Trinajstić information content (AvgIpc) is 3.75. The predicted octanol–water partition coefficient (Wildman–Crippen LogP) is 4.42. The van der Waals surface area contributed by atoms with Gasteiger partial charge in [-0.2, -0.15) is 15.1 Å². The van der Waals surface area contributed by atoms with Crippen LogP contribution in [0.15, 0.2) is 30.3 Å². The molecule has 2 N–H and O–H groups in total. The highest BCUT2D eigenvalue weighted by Gasteiger charge is 2.49. The Kier molecular flexibility index (Phi) is 9.34. The Bertz CT molecular complexity index is 2150. The van der Waals surface area contributed by atoms with Crippen molar-refractivity contribution in [3.8, 4) is 11.8 Å². The van der Waals surface area contributed by atoms with Gasteiger partial charge in [-0.05, 0) is 61.7 Å². The Morgan fingerprint density at radius 2 is 1.92 bits per heavy atom. The van der Waals surface area contributed by atoms with Crippen LogP contribution in [-0.4, -0.2) is 107 Å². The van der Waals surface area contributed by atoms with Crippen molar-refractivity contribution < 1.29 is 27.0 Å². The molecule has 53 heavy (non-hydrogen) atoms. The Hall–Kier alpha value is -4.28. The van der Waals surface area contributed by atoms with Crippen molar-refractivity contribution in [3.63, 3.8) is 0 Å². The largest absolute Gasteiger partial charge is 0.508 e. The van der Waals surface area contributed by atoms with Crippen molar-refractivity contribution in [2.24, 2.45) is 0 Å². The van der Waals surface area contributed by atoms with Gasteiger partial charge in [0.2, 0.25) is 10.0 Å². The van der Waals surface area contributed by atoms with Crippen molar-refractivity contribution in [2.45, 2.75) is 76.8 Å². The van der Waals surface area contributed by atoms with Crippen LogP contribution in [0.5, 0.6) is 11.8 Å². The number of nitrogens with one attached hydrogen (secondary N) is 1. The van der Waals surface area contributed by atoms with Gasteiger partial charge >= 0.3 is 6.01 Å². The number of phenolic OH excluding ortho intramolecular Hbond substituents is 1. The summed E-state index contributed by atoms with van der Waals surface area (Å²) in [7, 11) is -0.469. The highest BCUT2D eigenvalue weighted by molar-refractivity contribution is 7.89. The van der Waals surface area contributed by atoms with Crippen molar-refractivity contribution in [1.29, 1.82) is 0 Å². The molecule has 4 aliphatic heterocycles. The van der Waals surface area contributed by atoms with Crippen molar-refractivity contribution >= 4 is 38.1 Å². The molecule has 0 saturated carbocycles. The summed E-state index contributed by atoms with van der Waals surface area (Å²) < 4.78 is 64.1. The zero-order chi connectivity index (χ0) is 37.1. The van der Waals surface area contributed by atoms with Crippen LogP contribution in [0, 0.1) is 5.82 Å². The molecule has 4 aromatic rings. The van der Waals surface area contributed by atoms with Crippen LogP contribution in [0.2, 0.25) is 0 Å². The third-order valence-corrected chi connectivity index (χ3v) is 13.0. The number of sulfonamides is 1. The second-order valence-corrected chi connectivity index (χ2v) is 17.2. The van der Waals surface area contributed by atoms with Gasteiger partial charge in [-0.3, -0.25) is 9.58 Å². The Balaban J connectivity index is 1.14. The number of alkyl halides is 1. The lowest BCUT2D eigenvalue weighted by molar-refractivity contribution is 0.107. The van der Waals surface area contributed by atoms with Gasteiger partial charge < -0.3 is 25.0 Å². The SMILES string of the molecule is CCc1c(F)ccc2cc(O)cc(N3CCc4c(nc(OC[C@@]56CCCN5C[C@H](F)C6)nc4N4CCCn5nc(NCS(=O)(=O)N(C)C)cc5C4)C3)c12. The van der Waals surface area contributed by atoms with Crippen molar-refractivity contribution in [1.82, 2.24) is 29.0 Å². The maximum atomic E-state index is 15.1. The van der Waals surface area contributed by atoms with E-state index >= 15 is 4.39 Å². The molecule has 2 fully saturated rings. The summed E-state index contributed by atoms with van der Waals surface area (Å²) in [5.74, 6) is 0.823. The highest BCUT2D eigenvalue weighted by atomic mass is 32.2. The van der Waals surface area contributed by atoms with Crippen molar-refractivity contribution in [3.05, 3.63) is 58.7 Å². The molecule has 2 aromatic heterocycles. The average molecular weight is 752 g/mol. The molecule has 2 aromatic carbocycles. The molecule has 2 saturated heterocycles. The fraction of sp³-hybridized carbons (Fsp3) is 0.541. The molecule has 0 amide bonds. The zero-order valence-corrected chi connectivity index (χ0v) is 31.3. The first-order valence-electron chi connectivity index (χ1n) is 18.5. The first kappa shape index (κ1) is 35.7. The maximum Gasteiger partial charge on any atom is 0.318 e. The number of ether oxygens (including phenoxy) is 1. The molecular weight excluding hydrogens is 705 g/mol. The first-order chi connectivity index (χ1) is 25.4. The van der Waals surface area contributed by atoms with E-state index in [9.17, 15) is 17.9 Å². The second-order valence-electron chi connectivity index (χ2n) is 15.0. The van der Waals surface area contributed by atoms with E-state index in [0.29, 0.717) is 76.5 Å². The molecule has 0 spiro atoms. The van der Waals surface area contributed by atoms with Crippen LogP contribution in [0.25, 0.3) is 10.8 Å². The number of aryl methyl sites for hydroxylation is 2. The van der Waals surface area contributed by atoms with E-state index in [4.69, 9.17) is 14.7 Å². The van der Waals surface area contributed by atoms with Crippen LogP contribution < -0.4 is 19.9 Å². The molecule has 2 atom stereocenters. The van der Waals surface area contributed by atoms with Gasteiger partial charge in [0, 0.05) is 75.5 Å². The molecule has 0 radical (unpaired) electrons. The lowest BCUT2D eigenvalue weighted by atomic mass is 9.95. The highest BCUT2D eigenvalue weighted by Crippen LogP contribution is 2.42. The smallest absolute Gasteiger partial charge is 0.318 e. The monoisotopic (exact) mass is 751 g/mol. The van der Waals surface area contributed by atoms with Gasteiger partial charge in [-0.1, -0.05) is 13.0 Å². The normalized spacial score (nSPS) is 21.9. The standard InChI is InChI=1S/C37H47F2N9O4S/c1-4-28-30(39)8-7-24-15-27(49)17-32(34(24)28)45-14-9-29-31(21-45)41-36(52-22-37-10-5-12-47(37)19-25(38)18-37)42-35(29)46-11-6-13-48-26(20-46)16-33(43-48)40-23-53(50,51)44(2)3/h7-8,15-17,25,49H,4-6,9-14,18-23H2,1-3H3,(H,40,43)/t25-,37+/m1/s1. The summed E-state index contributed by atoms with van der Waals surface area (Å²) in [5.41, 5.74) is 3.68. The van der Waals surface area contributed by atoms with E-state index in [1.165, 1.54) is 24.5 Å². The number of hydrogen-bond acceptors (Lipinski definition) is 11. The number of phenols is 1. The molecule has 0 bridgehead atoms. The summed E-state index contributed by atoms with van der Waals surface area (Å²) in [4.78, 5) is 16.6. The summed E-state index contributed by atoms with van der Waals surface area (Å²) in [6.07, 6.45) is 3.30. The Labute approximate surface area is 308 Å². The van der Waals surface area contributed by atoms with Crippen LogP contribution in [0.3, 0.4) is 0 Å². The number of hydrogen-bond donors (Lipinski definition) is 2. The lowest BCUT2D eigenvalue weighted by Gasteiger charge is -2.35. The maximum absolute atomic E-state index is 15.1. The molecule has 6 heterocycles. The van der Waals surface area contributed by atoms with Crippen LogP contribution in [0.4, 0.5) is 26.1 Å². The zero-order valence-electron chi connectivity index (χ0n) is 30.5. The number of anilines is 3. The third kappa shape index (κ3) is 6.73. The van der Waals surface area contributed by atoms with Crippen LogP contribution in [0.1, 0.15) is 55.1 Å². The summed E-state index contributed by atoms with van der Waals surface area (Å²) in [6.45, 7) is 6.33. The molecule has 8 rings (SSSR count). The Morgan fingerprint density at radius 1 is 1.08 bits per heavy atom. The number of aromatic hydroxyl groups is 1. The molecule has 16 heteroatoms. The summed E-state index contributed by atoms with van der Waals surface area (Å²) >= 11 is 0. The van der Waals surface area contributed by atoms with E-state index in [1.807, 2.05) is 17.7 Å². The van der Waals surface area contributed by atoms with Crippen LogP contribution >= 0.6 is 0 Å². The van der Waals surface area contributed by atoms with Crippen molar-refractivity contribution in [2.75, 3.05) is 67.9 Å². The van der Waals surface area contributed by atoms with Gasteiger partial charge in [-0.15, -0.1) is 0 Å². The topological polar surface area (TPSA) is 132 Å². The first-order valence-corrected chi connectivity index (χ1v) is 20.1. The number of nitrogens with zero attached hydrogens (tertiary/aromatic N) is 8. The van der Waals surface area contributed by atoms with Gasteiger partial charge in [-0.25, -0.2) is 21.5 Å². The summed E-state index contributed by atoms with van der Waals surface area (Å²) in [5, 5.41) is 19.9. The number of aromatic nitrogens is 4. The molecule has 4 aliphatic rings. The van der Waals surface area contributed by atoms with Gasteiger partial charge in [0.25, 0.3) is 0 Å². The van der Waals surface area contributed by atoms with Crippen LogP contribution in [-0.2, 0) is 42.5 Å². The number of benzene rings is 2. The Morgan fingerprint density at radius 3 is 2.74 bits per heavy atom. The summed E-state index contributed by atoms with van der Waals surface area (Å²) in [6, 6.07) is 8.66. The third-order valence-electron chi connectivity index (χ3n) is 11.4. The number of fused-ring (bicyclic) bond motifs is 4. The fourth-order valence-electron chi connectivity index (χ4n) is 8.66. The molecule has 284 valence electrons. The minimum Gasteiger partial charge on any atom is -0.508 e. The lowest BCUT2D eigenvalue weighted by Crippen LogP contribution is -2.43. The molecule has 0 unspecified atom stereocenters. The van der Waals surface area contributed by atoms with Gasteiger partial charge in [0.1, 0.15) is 41.9 Å². The fourth-order valence-corrected chi connectivity index (χ4v) is 9.25. The number of rotatable bonds is 10. The number of halogens is 2. The molecule has 0 aliphatic carbocycles. The second kappa shape index (κ2) is 13.9. The quantitative estimate of drug-likeness (QED) is 0.239. The minimum atomic E-state index is -3.47. The van der Waals surface area contributed by atoms with E-state index in [1.54, 1.807) is 18.2 Å². The minimum absolute atomic E-state index is 0.108.